The molecule has 13 heavy (non-hydrogen) atoms. The smallest absolute Gasteiger partial charge is 0.332 e. The maximum absolute atomic E-state index is 11.5. The van der Waals surface area contributed by atoms with Crippen LogP contribution < -0.4 is 0 Å². The fraction of sp³-hybridized carbons (Fsp3) is 0.857. The molecule has 0 unspecified atom stereocenters. The average molecular weight is 208 g/mol. The van der Waals surface area contributed by atoms with Crippen LogP contribution in [0.1, 0.15) is 6.92 Å². The Morgan fingerprint density at radius 3 is 2.31 bits per heavy atom. The van der Waals surface area contributed by atoms with Crippen molar-refractivity contribution < 1.29 is 22.7 Å². The molecule has 6 heteroatoms. The van der Waals surface area contributed by atoms with Gasteiger partial charge in [-0.3, -0.25) is 4.79 Å². The first-order valence-electron chi connectivity index (χ1n) is 3.88. The molecule has 0 aromatic heterocycles. The van der Waals surface area contributed by atoms with Crippen molar-refractivity contribution in [1.29, 1.82) is 0 Å². The lowest BCUT2D eigenvalue weighted by Crippen LogP contribution is -2.62. The molecule has 0 aromatic carbocycles. The second kappa shape index (κ2) is 3.26. The highest BCUT2D eigenvalue weighted by Crippen LogP contribution is 2.28. The minimum atomic E-state index is -3.43. The molecule has 0 saturated carbocycles. The molecule has 1 aliphatic heterocycles. The third kappa shape index (κ3) is 1.34. The standard InChI is InChI=1S/C7H12O5S/c1-3-13(9,10)7(4-12-5-7)6(8)11-2/h3-5H2,1-2H3. The lowest BCUT2D eigenvalue weighted by atomic mass is 10.1. The fourth-order valence-corrected chi connectivity index (χ4v) is 2.59. The minimum Gasteiger partial charge on any atom is -0.468 e. The third-order valence-corrected chi connectivity index (χ3v) is 4.56. The molecule has 5 nitrogen and oxygen atoms in total. The van der Waals surface area contributed by atoms with Gasteiger partial charge in [-0.15, -0.1) is 0 Å². The Bertz CT molecular complexity index is 301. The van der Waals surface area contributed by atoms with Gasteiger partial charge in [0.2, 0.25) is 4.75 Å². The van der Waals surface area contributed by atoms with Crippen LogP contribution in [-0.4, -0.2) is 45.2 Å². The second-order valence-corrected chi connectivity index (χ2v) is 5.47. The number of methoxy groups -OCH3 is 1. The molecule has 0 atom stereocenters. The van der Waals surface area contributed by atoms with Gasteiger partial charge in [0.1, 0.15) is 0 Å². The van der Waals surface area contributed by atoms with Crippen molar-refractivity contribution in [2.45, 2.75) is 11.7 Å². The quantitative estimate of drug-likeness (QED) is 0.577. The van der Waals surface area contributed by atoms with E-state index in [9.17, 15) is 13.2 Å². The van der Waals surface area contributed by atoms with E-state index < -0.39 is 20.6 Å². The van der Waals surface area contributed by atoms with E-state index in [1.165, 1.54) is 14.0 Å². The first-order valence-corrected chi connectivity index (χ1v) is 5.54. The van der Waals surface area contributed by atoms with E-state index in [4.69, 9.17) is 4.74 Å². The summed E-state index contributed by atoms with van der Waals surface area (Å²) in [6.45, 7) is 1.32. The van der Waals surface area contributed by atoms with Crippen LogP contribution in [0, 0.1) is 0 Å². The average Bonchev–Trinajstić information content (AvgIpc) is 2.01. The molecule has 1 heterocycles. The first-order chi connectivity index (χ1) is 6.00. The van der Waals surface area contributed by atoms with Gasteiger partial charge < -0.3 is 9.47 Å². The number of sulfone groups is 1. The third-order valence-electron chi connectivity index (χ3n) is 2.20. The normalized spacial score (nSPS) is 20.5. The number of hydrogen-bond acceptors (Lipinski definition) is 5. The SMILES string of the molecule is CCS(=O)(=O)C1(C(=O)OC)COC1. The molecule has 0 amide bonds. The Labute approximate surface area is 76.9 Å². The van der Waals surface area contributed by atoms with Crippen molar-refractivity contribution in [1.82, 2.24) is 0 Å². The van der Waals surface area contributed by atoms with E-state index >= 15 is 0 Å². The highest BCUT2D eigenvalue weighted by Gasteiger charge is 2.57. The summed E-state index contributed by atoms with van der Waals surface area (Å²) in [4.78, 5) is 11.2. The molecular weight excluding hydrogens is 196 g/mol. The van der Waals surface area contributed by atoms with Crippen molar-refractivity contribution in [3.05, 3.63) is 0 Å². The lowest BCUT2D eigenvalue weighted by Gasteiger charge is -2.37. The Morgan fingerprint density at radius 1 is 1.54 bits per heavy atom. The number of carbonyl (C=O) groups is 1. The van der Waals surface area contributed by atoms with Crippen molar-refractivity contribution in [2.24, 2.45) is 0 Å². The molecule has 1 rings (SSSR count). The Morgan fingerprint density at radius 2 is 2.08 bits per heavy atom. The van der Waals surface area contributed by atoms with Crippen LogP contribution in [0.15, 0.2) is 0 Å². The summed E-state index contributed by atoms with van der Waals surface area (Å²) in [6, 6.07) is 0. The van der Waals surface area contributed by atoms with Gasteiger partial charge in [0, 0.05) is 5.75 Å². The van der Waals surface area contributed by atoms with Crippen LogP contribution in [-0.2, 0) is 24.1 Å². The number of esters is 1. The van der Waals surface area contributed by atoms with Crippen LogP contribution in [0.2, 0.25) is 0 Å². The molecule has 1 aliphatic rings. The molecule has 0 bridgehead atoms. The molecule has 1 fully saturated rings. The van der Waals surface area contributed by atoms with Gasteiger partial charge in [0.05, 0.1) is 20.3 Å². The van der Waals surface area contributed by atoms with Crippen LogP contribution in [0.25, 0.3) is 0 Å². The molecule has 0 aliphatic carbocycles. The van der Waals surface area contributed by atoms with Crippen molar-refractivity contribution in [3.8, 4) is 0 Å². The minimum absolute atomic E-state index is 0.0779. The Kier molecular flexibility index (Phi) is 2.63. The summed E-state index contributed by atoms with van der Waals surface area (Å²) in [5, 5.41) is 0. The van der Waals surface area contributed by atoms with Crippen molar-refractivity contribution in [2.75, 3.05) is 26.1 Å². The molecule has 76 valence electrons. The summed E-state index contributed by atoms with van der Waals surface area (Å²) >= 11 is 0. The van der Waals surface area contributed by atoms with Crippen LogP contribution in [0.3, 0.4) is 0 Å². The summed E-state index contributed by atoms with van der Waals surface area (Å²) < 4.78 is 30.8. The highest BCUT2D eigenvalue weighted by molar-refractivity contribution is 7.93. The van der Waals surface area contributed by atoms with Gasteiger partial charge in [-0.05, 0) is 0 Å². The monoisotopic (exact) mass is 208 g/mol. The van der Waals surface area contributed by atoms with Gasteiger partial charge in [-0.25, -0.2) is 8.42 Å². The zero-order chi connectivity index (χ0) is 10.1. The van der Waals surface area contributed by atoms with Gasteiger partial charge in [-0.2, -0.15) is 0 Å². The molecule has 0 N–H and O–H groups in total. The molecule has 0 radical (unpaired) electrons. The second-order valence-electron chi connectivity index (χ2n) is 2.88. The van der Waals surface area contributed by atoms with Crippen LogP contribution in [0.5, 0.6) is 0 Å². The zero-order valence-corrected chi connectivity index (χ0v) is 8.39. The summed E-state index contributed by atoms with van der Waals surface area (Å²) in [7, 11) is -2.26. The van der Waals surface area contributed by atoms with E-state index in [1.807, 2.05) is 0 Å². The van der Waals surface area contributed by atoms with Crippen molar-refractivity contribution >= 4 is 15.8 Å². The Hall–Kier alpha value is -0.620. The summed E-state index contributed by atoms with van der Waals surface area (Å²) in [5.74, 6) is -0.800. The van der Waals surface area contributed by atoms with Crippen molar-refractivity contribution in [3.63, 3.8) is 0 Å². The van der Waals surface area contributed by atoms with Gasteiger partial charge >= 0.3 is 5.97 Å². The topological polar surface area (TPSA) is 69.7 Å². The largest absolute Gasteiger partial charge is 0.468 e. The van der Waals surface area contributed by atoms with Gasteiger partial charge in [0.25, 0.3) is 0 Å². The fourth-order valence-electron chi connectivity index (χ4n) is 1.17. The number of rotatable bonds is 3. The van der Waals surface area contributed by atoms with E-state index in [1.54, 1.807) is 0 Å². The number of ether oxygens (including phenoxy) is 2. The highest BCUT2D eigenvalue weighted by atomic mass is 32.2. The first kappa shape index (κ1) is 10.5. The number of hydrogen-bond donors (Lipinski definition) is 0. The van der Waals surface area contributed by atoms with Gasteiger partial charge in [-0.1, -0.05) is 6.92 Å². The van der Waals surface area contributed by atoms with E-state index in [2.05, 4.69) is 4.74 Å². The zero-order valence-electron chi connectivity index (χ0n) is 7.57. The maximum atomic E-state index is 11.5. The summed E-state index contributed by atoms with van der Waals surface area (Å²) in [5.41, 5.74) is 0. The van der Waals surface area contributed by atoms with E-state index in [0.717, 1.165) is 0 Å². The van der Waals surface area contributed by atoms with E-state index in [0.29, 0.717) is 0 Å². The maximum Gasteiger partial charge on any atom is 0.332 e. The number of carbonyl (C=O) groups excluding carboxylic acids is 1. The van der Waals surface area contributed by atoms with Crippen LogP contribution >= 0.6 is 0 Å². The summed E-state index contributed by atoms with van der Waals surface area (Å²) in [6.07, 6.45) is 0. The lowest BCUT2D eigenvalue weighted by molar-refractivity contribution is -0.155. The molecule has 0 spiro atoms. The van der Waals surface area contributed by atoms with E-state index in [-0.39, 0.29) is 19.0 Å². The van der Waals surface area contributed by atoms with Crippen LogP contribution in [0.4, 0.5) is 0 Å². The molecular formula is C7H12O5S. The molecule has 1 saturated heterocycles. The van der Waals surface area contributed by atoms with Gasteiger partial charge in [0.15, 0.2) is 9.84 Å². The Balaban J connectivity index is 3.02. The predicted octanol–water partition coefficient (Wildman–Crippen LogP) is -0.637. The predicted molar refractivity (Wildman–Crippen MR) is 45.0 cm³/mol. The molecule has 0 aromatic rings.